The highest BCUT2D eigenvalue weighted by Gasteiger charge is 2.84. The van der Waals surface area contributed by atoms with E-state index in [0.29, 0.717) is 11.8 Å². The topological polar surface area (TPSA) is 38.7 Å². The molecular weight excluding hydrogens is 564 g/mol. The molecule has 1 spiro atoms. The number of para-hydroxylation sites is 4. The van der Waals surface area contributed by atoms with Crippen LogP contribution in [0.1, 0.15) is 48.8 Å². The van der Waals surface area contributed by atoms with Crippen molar-refractivity contribution in [2.75, 3.05) is 26.6 Å². The number of benzene rings is 4. The van der Waals surface area contributed by atoms with Crippen molar-refractivity contribution in [3.8, 4) is 0 Å². The maximum absolute atomic E-state index is 5.01. The van der Waals surface area contributed by atoms with Gasteiger partial charge in [0, 0.05) is 47.3 Å². The Hall–Kier alpha value is -4.84. The van der Waals surface area contributed by atoms with Gasteiger partial charge in [-0.2, -0.15) is 0 Å². The summed E-state index contributed by atoms with van der Waals surface area (Å²) in [4.78, 5) is 20.3. The van der Waals surface area contributed by atoms with E-state index in [2.05, 4.69) is 131 Å². The molecule has 2 bridgehead atoms. The molecule has 6 nitrogen and oxygen atoms in total. The van der Waals surface area contributed by atoms with Gasteiger partial charge in [0.15, 0.2) is 11.6 Å². The highest BCUT2D eigenvalue weighted by molar-refractivity contribution is 5.91. The molecule has 0 radical (unpaired) electrons. The zero-order valence-electron chi connectivity index (χ0n) is 26.2. The molecule has 6 aliphatic rings. The Bertz CT molecular complexity index is 2080. The summed E-state index contributed by atoms with van der Waals surface area (Å²) in [6, 6.07) is 36.8. The van der Waals surface area contributed by atoms with Gasteiger partial charge in [0.25, 0.3) is 0 Å². The van der Waals surface area contributed by atoms with E-state index in [9.17, 15) is 0 Å². The third-order valence-corrected chi connectivity index (χ3v) is 12.8. The predicted molar refractivity (Wildman–Crippen MR) is 184 cm³/mol. The van der Waals surface area contributed by atoms with E-state index in [-0.39, 0.29) is 23.2 Å². The van der Waals surface area contributed by atoms with Crippen LogP contribution in [0.15, 0.2) is 109 Å². The molecule has 2 aliphatic carbocycles. The van der Waals surface area contributed by atoms with Crippen LogP contribution in [-0.4, -0.2) is 29.3 Å². The van der Waals surface area contributed by atoms with Crippen LogP contribution in [0.3, 0.4) is 0 Å². The van der Waals surface area contributed by atoms with Gasteiger partial charge in [-0.15, -0.1) is 0 Å². The fraction of sp³-hybridized carbons (Fsp3) is 0.300. The van der Waals surface area contributed by atoms with Crippen LogP contribution in [0, 0.1) is 11.3 Å². The Morgan fingerprint density at radius 2 is 1.46 bits per heavy atom. The predicted octanol–water partition coefficient (Wildman–Crippen LogP) is 8.42. The average Bonchev–Trinajstić information content (AvgIpc) is 3.25. The summed E-state index contributed by atoms with van der Waals surface area (Å²) in [5.41, 5.74) is 11.1. The van der Waals surface area contributed by atoms with Crippen LogP contribution in [0.4, 0.5) is 40.1 Å². The van der Waals surface area contributed by atoms with Gasteiger partial charge in [0.05, 0.1) is 11.4 Å². The first kappa shape index (κ1) is 25.4. The van der Waals surface area contributed by atoms with Gasteiger partial charge in [-0.1, -0.05) is 67.6 Å². The number of aromatic nitrogens is 2. The first-order chi connectivity index (χ1) is 22.7. The fourth-order valence-electron chi connectivity index (χ4n) is 11.5. The van der Waals surface area contributed by atoms with Crippen molar-refractivity contribution in [2.24, 2.45) is 11.3 Å². The summed E-state index contributed by atoms with van der Waals surface area (Å²) in [6.45, 7) is 2.47. The lowest BCUT2D eigenvalue weighted by molar-refractivity contribution is 0.301. The summed E-state index contributed by atoms with van der Waals surface area (Å²) in [7, 11) is 2.27. The molecule has 11 rings (SSSR count). The molecule has 46 heavy (non-hydrogen) atoms. The summed E-state index contributed by atoms with van der Waals surface area (Å²) >= 11 is 0. The lowest BCUT2D eigenvalue weighted by atomic mass is 9.78. The van der Waals surface area contributed by atoms with Gasteiger partial charge < -0.3 is 19.6 Å². The van der Waals surface area contributed by atoms with E-state index >= 15 is 0 Å². The summed E-state index contributed by atoms with van der Waals surface area (Å²) in [5, 5.41) is 0. The molecule has 5 aromatic rings. The molecule has 0 N–H and O–H groups in total. The number of hydrogen-bond acceptors (Lipinski definition) is 6. The SMILES string of the molecule is CCC12C3N(C)c4nccnc4N3c3ccc4cc3C(C4)C1C21CCC2N(c3ccccc3)c3ccccc3N2c2ccccc21. The van der Waals surface area contributed by atoms with Crippen molar-refractivity contribution in [3.05, 3.63) is 126 Å². The molecule has 4 aromatic carbocycles. The molecule has 6 unspecified atom stereocenters. The van der Waals surface area contributed by atoms with Crippen LogP contribution < -0.4 is 19.6 Å². The second-order valence-electron chi connectivity index (χ2n) is 14.2. The van der Waals surface area contributed by atoms with Gasteiger partial charge in [0.2, 0.25) is 0 Å². The summed E-state index contributed by atoms with van der Waals surface area (Å²) < 4.78 is 0. The molecule has 1 saturated carbocycles. The maximum Gasteiger partial charge on any atom is 0.178 e. The number of rotatable bonds is 2. The zero-order chi connectivity index (χ0) is 30.4. The maximum atomic E-state index is 5.01. The lowest BCUT2D eigenvalue weighted by Gasteiger charge is -2.40. The first-order valence-electron chi connectivity index (χ1n) is 17.0. The second kappa shape index (κ2) is 8.49. The number of nitrogens with zero attached hydrogens (tertiary/aromatic N) is 6. The largest absolute Gasteiger partial charge is 0.335 e. The van der Waals surface area contributed by atoms with Crippen molar-refractivity contribution in [1.82, 2.24) is 9.97 Å². The van der Waals surface area contributed by atoms with Crippen molar-refractivity contribution in [2.45, 2.75) is 56.3 Å². The Labute approximate surface area is 269 Å². The summed E-state index contributed by atoms with van der Waals surface area (Å²) in [6.07, 6.45) is 8.53. The minimum atomic E-state index is 0.00822. The van der Waals surface area contributed by atoms with E-state index in [0.717, 1.165) is 37.3 Å². The van der Waals surface area contributed by atoms with Crippen molar-refractivity contribution >= 4 is 40.1 Å². The summed E-state index contributed by atoms with van der Waals surface area (Å²) in [5.74, 6) is 3.02. The molecule has 1 aromatic heterocycles. The van der Waals surface area contributed by atoms with Crippen LogP contribution in [0.25, 0.3) is 0 Å². The quantitative estimate of drug-likeness (QED) is 0.203. The van der Waals surface area contributed by atoms with Gasteiger partial charge in [-0.3, -0.25) is 0 Å². The first-order valence-corrected chi connectivity index (χ1v) is 17.0. The van der Waals surface area contributed by atoms with Crippen LogP contribution >= 0.6 is 0 Å². The van der Waals surface area contributed by atoms with Gasteiger partial charge in [-0.05, 0) is 90.6 Å². The van der Waals surface area contributed by atoms with E-state index in [4.69, 9.17) is 9.97 Å². The average molecular weight is 601 g/mol. The highest BCUT2D eigenvalue weighted by Crippen LogP contribution is 2.84. The molecule has 0 saturated heterocycles. The molecule has 6 heteroatoms. The fourth-order valence-corrected chi connectivity index (χ4v) is 11.5. The Kier molecular flexibility index (Phi) is 4.68. The van der Waals surface area contributed by atoms with Crippen molar-refractivity contribution in [3.63, 3.8) is 0 Å². The van der Waals surface area contributed by atoms with Gasteiger partial charge in [0.1, 0.15) is 12.3 Å². The molecule has 1 fully saturated rings. The number of anilines is 7. The third-order valence-electron chi connectivity index (χ3n) is 12.8. The van der Waals surface area contributed by atoms with Crippen LogP contribution in [0.5, 0.6) is 0 Å². The molecule has 4 aliphatic heterocycles. The molecular formula is C40H36N6. The molecule has 6 atom stereocenters. The Morgan fingerprint density at radius 1 is 0.739 bits per heavy atom. The van der Waals surface area contributed by atoms with Crippen molar-refractivity contribution < 1.29 is 0 Å². The Balaban J connectivity index is 1.17. The van der Waals surface area contributed by atoms with Crippen molar-refractivity contribution in [1.29, 1.82) is 0 Å². The monoisotopic (exact) mass is 600 g/mol. The van der Waals surface area contributed by atoms with E-state index < -0.39 is 0 Å². The molecule has 226 valence electrons. The van der Waals surface area contributed by atoms with E-state index in [1.165, 1.54) is 45.1 Å². The highest BCUT2D eigenvalue weighted by atomic mass is 15.5. The minimum Gasteiger partial charge on any atom is -0.335 e. The second-order valence-corrected chi connectivity index (χ2v) is 14.2. The van der Waals surface area contributed by atoms with Gasteiger partial charge >= 0.3 is 0 Å². The normalized spacial score (nSPS) is 30.2. The smallest absolute Gasteiger partial charge is 0.178 e. The number of fused-ring (bicyclic) bond motifs is 16. The lowest BCUT2D eigenvalue weighted by Crippen LogP contribution is -2.49. The molecule has 0 amide bonds. The third kappa shape index (κ3) is 2.71. The minimum absolute atomic E-state index is 0.00822. The van der Waals surface area contributed by atoms with Crippen LogP contribution in [0.2, 0.25) is 0 Å². The van der Waals surface area contributed by atoms with E-state index in [1.54, 1.807) is 0 Å². The van der Waals surface area contributed by atoms with E-state index in [1.807, 2.05) is 12.4 Å². The van der Waals surface area contributed by atoms with Gasteiger partial charge in [-0.25, -0.2) is 9.97 Å². The standard InChI is InChI=1S/C40H36N6/c1-3-39-35(28-24-25-17-18-30(27(28)23-25)46-37-36(41-21-22-42-37)43(2)38(39)46)40(39)20-19-34-44(26-11-5-4-6-12-26)32-15-9-10-16-33(32)45(34)31-14-8-7-13-29(31)40/h4-18,21-23,28,34-35,38H,3,19-20,24H2,1-2H3. The molecule has 5 heterocycles. The zero-order valence-corrected chi connectivity index (χ0v) is 26.2. The van der Waals surface area contributed by atoms with Crippen LogP contribution in [-0.2, 0) is 11.8 Å². The number of hydrogen-bond donors (Lipinski definition) is 0. The Morgan fingerprint density at radius 3 is 2.26 bits per heavy atom.